The van der Waals surface area contributed by atoms with Crippen LogP contribution < -0.4 is 14.5 Å². The summed E-state index contributed by atoms with van der Waals surface area (Å²) in [6.45, 7) is 5.92. The molecule has 0 aromatic heterocycles. The van der Waals surface area contributed by atoms with Gasteiger partial charge in [-0.05, 0) is 43.7 Å². The molecule has 1 N–H and O–H groups in total. The third-order valence-corrected chi connectivity index (χ3v) is 6.38. The van der Waals surface area contributed by atoms with E-state index in [2.05, 4.69) is 24.1 Å². The standard InChI is InChI=1S/C20H25Cl2N3O3S/c1-4-24(5-2)16-11-9-15(10-12-16)13-23-19(26)14-25(29(3,27)28)18-8-6-7-17(21)20(18)22/h6-12H,4-5,13-14H2,1-3H3,(H,23,26). The molecule has 0 aliphatic rings. The Hall–Kier alpha value is -1.96. The minimum Gasteiger partial charge on any atom is -0.372 e. The van der Waals surface area contributed by atoms with E-state index in [0.29, 0.717) is 0 Å². The predicted molar refractivity (Wildman–Crippen MR) is 121 cm³/mol. The van der Waals surface area contributed by atoms with Gasteiger partial charge in [-0.1, -0.05) is 41.4 Å². The first kappa shape index (κ1) is 23.3. The fraction of sp³-hybridized carbons (Fsp3) is 0.350. The number of carbonyl (C=O) groups is 1. The van der Waals surface area contributed by atoms with Crippen molar-refractivity contribution in [2.75, 3.05) is 35.1 Å². The van der Waals surface area contributed by atoms with Crippen LogP contribution in [-0.4, -0.2) is 40.2 Å². The maximum absolute atomic E-state index is 12.4. The Balaban J connectivity index is 2.07. The first-order valence-corrected chi connectivity index (χ1v) is 11.8. The summed E-state index contributed by atoms with van der Waals surface area (Å²) in [5, 5.41) is 3.04. The number of amides is 1. The van der Waals surface area contributed by atoms with Gasteiger partial charge in [0.25, 0.3) is 0 Å². The molecular weight excluding hydrogens is 433 g/mol. The zero-order chi connectivity index (χ0) is 21.6. The van der Waals surface area contributed by atoms with Crippen molar-refractivity contribution in [3.63, 3.8) is 0 Å². The van der Waals surface area contributed by atoms with Crippen molar-refractivity contribution < 1.29 is 13.2 Å². The van der Waals surface area contributed by atoms with E-state index in [9.17, 15) is 13.2 Å². The van der Waals surface area contributed by atoms with Crippen molar-refractivity contribution >= 4 is 50.5 Å². The molecule has 0 spiro atoms. The minimum absolute atomic E-state index is 0.0828. The molecule has 0 saturated carbocycles. The average molecular weight is 458 g/mol. The molecule has 2 aromatic rings. The van der Waals surface area contributed by atoms with Crippen molar-refractivity contribution in [3.05, 3.63) is 58.1 Å². The predicted octanol–water partition coefficient (Wildman–Crippen LogP) is 3.92. The third kappa shape index (κ3) is 6.26. The summed E-state index contributed by atoms with van der Waals surface area (Å²) in [7, 11) is -3.73. The van der Waals surface area contributed by atoms with E-state index < -0.39 is 22.5 Å². The largest absolute Gasteiger partial charge is 0.372 e. The molecule has 0 radical (unpaired) electrons. The summed E-state index contributed by atoms with van der Waals surface area (Å²) in [4.78, 5) is 14.6. The second kappa shape index (κ2) is 10.2. The molecule has 2 aromatic carbocycles. The molecular formula is C20H25Cl2N3O3S. The number of halogens is 2. The highest BCUT2D eigenvalue weighted by atomic mass is 35.5. The van der Waals surface area contributed by atoms with E-state index >= 15 is 0 Å². The number of carbonyl (C=O) groups excluding carboxylic acids is 1. The van der Waals surface area contributed by atoms with Crippen molar-refractivity contribution in [1.29, 1.82) is 0 Å². The Morgan fingerprint density at radius 2 is 1.66 bits per heavy atom. The second-order valence-corrected chi connectivity index (χ2v) is 9.15. The number of benzene rings is 2. The lowest BCUT2D eigenvalue weighted by Gasteiger charge is -2.23. The maximum atomic E-state index is 12.4. The van der Waals surface area contributed by atoms with Gasteiger partial charge in [0.1, 0.15) is 6.54 Å². The molecule has 0 saturated heterocycles. The summed E-state index contributed by atoms with van der Waals surface area (Å²) >= 11 is 12.1. The molecule has 6 nitrogen and oxygen atoms in total. The topological polar surface area (TPSA) is 69.7 Å². The van der Waals surface area contributed by atoms with Gasteiger partial charge in [0.05, 0.1) is 22.0 Å². The van der Waals surface area contributed by atoms with Crippen molar-refractivity contribution in [1.82, 2.24) is 5.32 Å². The Bertz CT molecular complexity index is 946. The molecule has 0 unspecified atom stereocenters. The molecule has 29 heavy (non-hydrogen) atoms. The maximum Gasteiger partial charge on any atom is 0.241 e. The lowest BCUT2D eigenvalue weighted by molar-refractivity contribution is -0.119. The summed E-state index contributed by atoms with van der Waals surface area (Å²) in [5.41, 5.74) is 2.20. The van der Waals surface area contributed by atoms with Crippen molar-refractivity contribution in [2.45, 2.75) is 20.4 Å². The molecule has 0 fully saturated rings. The van der Waals surface area contributed by atoms with Gasteiger partial charge in [0.2, 0.25) is 15.9 Å². The van der Waals surface area contributed by atoms with E-state index in [1.165, 1.54) is 6.07 Å². The van der Waals surface area contributed by atoms with E-state index in [4.69, 9.17) is 23.2 Å². The van der Waals surface area contributed by atoms with Gasteiger partial charge in [-0.3, -0.25) is 9.10 Å². The zero-order valence-corrected chi connectivity index (χ0v) is 19.0. The second-order valence-electron chi connectivity index (χ2n) is 6.46. The fourth-order valence-corrected chi connectivity index (χ4v) is 4.18. The summed E-state index contributed by atoms with van der Waals surface area (Å²) < 4.78 is 25.4. The van der Waals surface area contributed by atoms with E-state index in [1.54, 1.807) is 12.1 Å². The van der Waals surface area contributed by atoms with Crippen molar-refractivity contribution in [2.24, 2.45) is 0 Å². The highest BCUT2D eigenvalue weighted by Crippen LogP contribution is 2.33. The molecule has 158 valence electrons. The molecule has 0 aliphatic heterocycles. The lowest BCUT2D eigenvalue weighted by atomic mass is 10.2. The van der Waals surface area contributed by atoms with Crippen LogP contribution in [-0.2, 0) is 21.4 Å². The highest BCUT2D eigenvalue weighted by Gasteiger charge is 2.23. The minimum atomic E-state index is -3.73. The third-order valence-electron chi connectivity index (χ3n) is 4.44. The quantitative estimate of drug-likeness (QED) is 0.619. The highest BCUT2D eigenvalue weighted by molar-refractivity contribution is 7.92. The summed E-state index contributed by atoms with van der Waals surface area (Å²) in [6, 6.07) is 12.5. The molecule has 0 aliphatic carbocycles. The van der Waals surface area contributed by atoms with Crippen LogP contribution in [0, 0.1) is 0 Å². The number of nitrogens with one attached hydrogen (secondary N) is 1. The first-order chi connectivity index (χ1) is 13.7. The molecule has 0 heterocycles. The number of hydrogen-bond acceptors (Lipinski definition) is 4. The van der Waals surface area contributed by atoms with Crippen LogP contribution in [0.15, 0.2) is 42.5 Å². The first-order valence-electron chi connectivity index (χ1n) is 9.19. The average Bonchev–Trinajstić information content (AvgIpc) is 2.68. The van der Waals surface area contributed by atoms with Crippen LogP contribution in [0.25, 0.3) is 0 Å². The Morgan fingerprint density at radius 3 is 2.21 bits per heavy atom. The van der Waals surface area contributed by atoms with Crippen LogP contribution in [0.3, 0.4) is 0 Å². The van der Waals surface area contributed by atoms with E-state index in [-0.39, 0.29) is 22.3 Å². The number of nitrogens with zero attached hydrogens (tertiary/aromatic N) is 2. The normalized spacial score (nSPS) is 11.2. The Labute approximate surface area is 182 Å². The molecule has 0 bridgehead atoms. The van der Waals surface area contributed by atoms with Crippen LogP contribution in [0.4, 0.5) is 11.4 Å². The van der Waals surface area contributed by atoms with Crippen LogP contribution in [0.2, 0.25) is 10.0 Å². The van der Waals surface area contributed by atoms with Crippen LogP contribution in [0.1, 0.15) is 19.4 Å². The van der Waals surface area contributed by atoms with Crippen LogP contribution >= 0.6 is 23.2 Å². The van der Waals surface area contributed by atoms with Gasteiger partial charge in [-0.2, -0.15) is 0 Å². The lowest BCUT2D eigenvalue weighted by Crippen LogP contribution is -2.40. The SMILES string of the molecule is CCN(CC)c1ccc(CNC(=O)CN(c2cccc(Cl)c2Cl)S(C)(=O)=O)cc1. The van der Waals surface area contributed by atoms with E-state index in [0.717, 1.165) is 34.9 Å². The molecule has 1 amide bonds. The summed E-state index contributed by atoms with van der Waals surface area (Å²) in [6.07, 6.45) is 1.02. The molecule has 9 heteroatoms. The molecule has 0 atom stereocenters. The number of sulfonamides is 1. The Morgan fingerprint density at radius 1 is 1.03 bits per heavy atom. The number of anilines is 2. The number of hydrogen-bond donors (Lipinski definition) is 1. The Kier molecular flexibility index (Phi) is 8.19. The van der Waals surface area contributed by atoms with Gasteiger partial charge < -0.3 is 10.2 Å². The zero-order valence-electron chi connectivity index (χ0n) is 16.7. The number of rotatable bonds is 9. The van der Waals surface area contributed by atoms with Gasteiger partial charge in [-0.15, -0.1) is 0 Å². The summed E-state index contributed by atoms with van der Waals surface area (Å²) in [5.74, 6) is -0.445. The smallest absolute Gasteiger partial charge is 0.241 e. The molecule has 2 rings (SSSR count). The fourth-order valence-electron chi connectivity index (χ4n) is 2.87. The van der Waals surface area contributed by atoms with Crippen LogP contribution in [0.5, 0.6) is 0 Å². The van der Waals surface area contributed by atoms with Crippen molar-refractivity contribution in [3.8, 4) is 0 Å². The van der Waals surface area contributed by atoms with Gasteiger partial charge in [-0.25, -0.2) is 8.42 Å². The monoisotopic (exact) mass is 457 g/mol. The van der Waals surface area contributed by atoms with Gasteiger partial charge in [0.15, 0.2) is 0 Å². The van der Waals surface area contributed by atoms with Gasteiger partial charge in [0, 0.05) is 25.3 Å². The van der Waals surface area contributed by atoms with Gasteiger partial charge >= 0.3 is 0 Å². The van der Waals surface area contributed by atoms with E-state index in [1.807, 2.05) is 24.3 Å².